The van der Waals surface area contributed by atoms with Gasteiger partial charge in [0.05, 0.1) is 45.6 Å². The van der Waals surface area contributed by atoms with Crippen molar-refractivity contribution in [2.45, 2.75) is 10.8 Å². The highest BCUT2D eigenvalue weighted by Gasteiger charge is 2.56. The maximum atomic E-state index is 5.64. The van der Waals surface area contributed by atoms with E-state index in [4.69, 9.17) is 19.9 Å². The third-order valence-electron chi connectivity index (χ3n) is 12.3. The molecule has 4 heterocycles. The van der Waals surface area contributed by atoms with Gasteiger partial charge in [-0.15, -0.1) is 0 Å². The first-order valence-electron chi connectivity index (χ1n) is 21.1. The average molecular weight is 793 g/mol. The van der Waals surface area contributed by atoms with Crippen LogP contribution in [-0.2, 0) is 10.8 Å². The fraction of sp³-hybridized carbons (Fsp3) is 0.0345. The van der Waals surface area contributed by atoms with E-state index < -0.39 is 10.8 Å². The Bertz CT molecular complexity index is 2750. The molecule has 0 unspecified atom stereocenters. The Morgan fingerprint density at radius 3 is 0.629 bits per heavy atom. The van der Waals surface area contributed by atoms with Gasteiger partial charge < -0.3 is 0 Å². The van der Waals surface area contributed by atoms with Crippen LogP contribution >= 0.6 is 0 Å². The summed E-state index contributed by atoms with van der Waals surface area (Å²) in [6.45, 7) is 0. The van der Waals surface area contributed by atoms with Crippen LogP contribution in [0.5, 0.6) is 0 Å². The lowest BCUT2D eigenvalue weighted by molar-refractivity contribution is 0.575. The first-order chi connectivity index (χ1) is 30.7. The number of aromatic nitrogens is 4. The molecule has 1 aliphatic rings. The lowest BCUT2D eigenvalue weighted by atomic mass is 9.53. The smallest absolute Gasteiger partial charge is 0.105 e. The average Bonchev–Trinajstić information content (AvgIpc) is 3.37. The lowest BCUT2D eigenvalue weighted by Gasteiger charge is -2.49. The van der Waals surface area contributed by atoms with Crippen molar-refractivity contribution in [1.29, 1.82) is 0 Å². The van der Waals surface area contributed by atoms with Crippen LogP contribution in [0.25, 0.3) is 45.0 Å². The molecule has 0 fully saturated rings. The fourth-order valence-electron chi connectivity index (χ4n) is 9.58. The third-order valence-corrected chi connectivity index (χ3v) is 12.3. The summed E-state index contributed by atoms with van der Waals surface area (Å²) in [6, 6.07) is 85.0. The molecule has 1 aliphatic carbocycles. The van der Waals surface area contributed by atoms with Crippen molar-refractivity contribution in [3.8, 4) is 45.0 Å². The van der Waals surface area contributed by atoms with Gasteiger partial charge in [0.1, 0.15) is 10.8 Å². The molecule has 0 amide bonds. The zero-order valence-corrected chi connectivity index (χ0v) is 33.9. The molecule has 0 saturated carbocycles. The lowest BCUT2D eigenvalue weighted by Crippen LogP contribution is -2.47. The summed E-state index contributed by atoms with van der Waals surface area (Å²) in [7, 11) is 0. The van der Waals surface area contributed by atoms with Crippen LogP contribution in [-0.4, -0.2) is 19.9 Å². The van der Waals surface area contributed by atoms with Crippen LogP contribution in [0.2, 0.25) is 0 Å². The van der Waals surface area contributed by atoms with Gasteiger partial charge in [-0.2, -0.15) is 0 Å². The van der Waals surface area contributed by atoms with Gasteiger partial charge in [-0.3, -0.25) is 19.9 Å². The van der Waals surface area contributed by atoms with E-state index in [-0.39, 0.29) is 0 Å². The standard InChI is InChI=1S/C58H40N4/c1-5-21-41(22-6-1)49-33-17-37-53(59-49)57(54-38-18-34-50(60-54)42-23-7-2-8-24-42)45-29-13-15-31-47(45)58(48-32-16-14-30-46(48)57,55-39-19-35-51(61-55)43-25-9-3-10-26-43)56-40-20-36-52(62-56)44-27-11-4-12-28-44/h1-40H. The van der Waals surface area contributed by atoms with Crippen molar-refractivity contribution < 1.29 is 0 Å². The minimum atomic E-state index is -0.972. The van der Waals surface area contributed by atoms with Crippen molar-refractivity contribution in [1.82, 2.24) is 19.9 Å². The predicted octanol–water partition coefficient (Wildman–Crippen LogP) is 13.0. The summed E-state index contributed by atoms with van der Waals surface area (Å²) in [6.07, 6.45) is 0. The maximum Gasteiger partial charge on any atom is 0.105 e. The Labute approximate surface area is 362 Å². The monoisotopic (exact) mass is 792 g/mol. The van der Waals surface area contributed by atoms with E-state index in [1.807, 2.05) is 24.3 Å². The Kier molecular flexibility index (Phi) is 9.24. The molecule has 0 radical (unpaired) electrons. The molecule has 0 aliphatic heterocycles. The molecule has 6 aromatic carbocycles. The van der Waals surface area contributed by atoms with Crippen molar-refractivity contribution >= 4 is 0 Å². The molecule has 292 valence electrons. The van der Waals surface area contributed by atoms with Gasteiger partial charge in [-0.25, -0.2) is 0 Å². The van der Waals surface area contributed by atoms with Gasteiger partial charge in [0.25, 0.3) is 0 Å². The van der Waals surface area contributed by atoms with Gasteiger partial charge >= 0.3 is 0 Å². The summed E-state index contributed by atoms with van der Waals surface area (Å²) in [4.78, 5) is 22.6. The van der Waals surface area contributed by atoms with E-state index in [0.29, 0.717) is 0 Å². The number of nitrogens with zero attached hydrogens (tertiary/aromatic N) is 4. The molecule has 0 bridgehead atoms. The van der Waals surface area contributed by atoms with Crippen molar-refractivity contribution in [3.05, 3.63) is 288 Å². The molecule has 11 rings (SSSR count). The summed E-state index contributed by atoms with van der Waals surface area (Å²) in [5.74, 6) is 0. The number of fused-ring (bicyclic) bond motifs is 2. The van der Waals surface area contributed by atoms with Gasteiger partial charge in [0, 0.05) is 22.3 Å². The number of hydrogen-bond donors (Lipinski definition) is 0. The Balaban J connectivity index is 1.28. The van der Waals surface area contributed by atoms with Gasteiger partial charge in [0.2, 0.25) is 0 Å². The summed E-state index contributed by atoms with van der Waals surface area (Å²) in [5, 5.41) is 0. The van der Waals surface area contributed by atoms with Crippen molar-refractivity contribution in [2.75, 3.05) is 0 Å². The topological polar surface area (TPSA) is 51.6 Å². The largest absolute Gasteiger partial charge is 0.251 e. The van der Waals surface area contributed by atoms with Crippen molar-refractivity contribution in [3.63, 3.8) is 0 Å². The van der Waals surface area contributed by atoms with Gasteiger partial charge in [-0.1, -0.05) is 194 Å². The Morgan fingerprint density at radius 2 is 0.403 bits per heavy atom. The molecule has 0 atom stereocenters. The molecule has 0 N–H and O–H groups in total. The first kappa shape index (κ1) is 37.0. The van der Waals surface area contributed by atoms with E-state index in [9.17, 15) is 0 Å². The number of pyridine rings is 4. The molecular weight excluding hydrogens is 753 g/mol. The Hall–Kier alpha value is -8.08. The summed E-state index contributed by atoms with van der Waals surface area (Å²) >= 11 is 0. The summed E-state index contributed by atoms with van der Waals surface area (Å²) < 4.78 is 0. The van der Waals surface area contributed by atoms with E-state index in [1.165, 1.54) is 0 Å². The van der Waals surface area contributed by atoms with Crippen LogP contribution in [0.1, 0.15) is 45.0 Å². The molecule has 0 spiro atoms. The maximum absolute atomic E-state index is 5.64. The predicted molar refractivity (Wildman–Crippen MR) is 250 cm³/mol. The molecular formula is C58H40N4. The van der Waals surface area contributed by atoms with Crippen molar-refractivity contribution in [2.24, 2.45) is 0 Å². The van der Waals surface area contributed by atoms with E-state index in [0.717, 1.165) is 90.1 Å². The highest BCUT2D eigenvalue weighted by atomic mass is 14.9. The highest BCUT2D eigenvalue weighted by molar-refractivity contribution is 5.76. The zero-order chi connectivity index (χ0) is 41.4. The minimum Gasteiger partial charge on any atom is -0.251 e. The van der Waals surface area contributed by atoms with Crippen LogP contribution in [0, 0.1) is 0 Å². The highest BCUT2D eigenvalue weighted by Crippen LogP contribution is 2.59. The van der Waals surface area contributed by atoms with E-state index >= 15 is 0 Å². The van der Waals surface area contributed by atoms with E-state index in [2.05, 4.69) is 218 Å². The van der Waals surface area contributed by atoms with Crippen LogP contribution in [0.4, 0.5) is 0 Å². The van der Waals surface area contributed by atoms with Gasteiger partial charge in [-0.05, 0) is 70.8 Å². The SMILES string of the molecule is c1ccc(-c2cccc(C3(c4cccc(-c5ccccc5)n4)c4ccccc4C(c4cccc(-c5ccccc5)n4)(c4cccc(-c5ccccc5)n4)c4ccccc43)n2)cc1. The molecule has 4 nitrogen and oxygen atoms in total. The van der Waals surface area contributed by atoms with Crippen LogP contribution in [0.15, 0.2) is 243 Å². The molecule has 62 heavy (non-hydrogen) atoms. The van der Waals surface area contributed by atoms with Crippen LogP contribution in [0.3, 0.4) is 0 Å². The minimum absolute atomic E-state index is 0.877. The third kappa shape index (κ3) is 5.99. The molecule has 0 saturated heterocycles. The molecule has 4 aromatic heterocycles. The van der Waals surface area contributed by atoms with Crippen LogP contribution < -0.4 is 0 Å². The number of hydrogen-bond acceptors (Lipinski definition) is 4. The van der Waals surface area contributed by atoms with Gasteiger partial charge in [0.15, 0.2) is 0 Å². The molecule has 4 heteroatoms. The quantitative estimate of drug-likeness (QED) is 0.154. The Morgan fingerprint density at radius 1 is 0.194 bits per heavy atom. The second-order valence-corrected chi connectivity index (χ2v) is 15.7. The van der Waals surface area contributed by atoms with E-state index in [1.54, 1.807) is 0 Å². The first-order valence-corrected chi connectivity index (χ1v) is 21.1. The number of rotatable bonds is 8. The second kappa shape index (κ2) is 15.5. The normalized spacial score (nSPS) is 13.4. The molecule has 10 aromatic rings. The fourth-order valence-corrected chi connectivity index (χ4v) is 9.58. The zero-order valence-electron chi connectivity index (χ0n) is 33.9. The second-order valence-electron chi connectivity index (χ2n) is 15.7. The number of benzene rings is 6. The summed E-state index contributed by atoms with van der Waals surface area (Å²) in [5.41, 5.74) is 13.6.